The fourth-order valence-electron chi connectivity index (χ4n) is 6.55. The number of rotatable bonds is 7. The third kappa shape index (κ3) is 4.09. The highest BCUT2D eigenvalue weighted by Gasteiger charge is 2.59. The van der Waals surface area contributed by atoms with Crippen LogP contribution < -0.4 is 0 Å². The Morgan fingerprint density at radius 3 is 2.61 bits per heavy atom. The monoisotopic (exact) mass is 390 g/mol. The number of carbonyl (C=O) groups is 1. The molecule has 0 aromatic carbocycles. The predicted octanol–water partition coefficient (Wildman–Crippen LogP) is 4.71. The second-order valence-corrected chi connectivity index (χ2v) is 9.37. The molecule has 3 aliphatic rings. The van der Waals surface area contributed by atoms with Gasteiger partial charge in [-0.25, -0.2) is 0 Å². The SMILES string of the molecule is CC[C@@]12CC[C@H](O)[C@@H](/C=C/C(O)C3CCCCC3)[C@@H]1C(C)C2=CCCC(=O)O. The van der Waals surface area contributed by atoms with Crippen LogP contribution >= 0.6 is 0 Å². The number of aliphatic carboxylic acids is 1. The second-order valence-electron chi connectivity index (χ2n) is 9.37. The van der Waals surface area contributed by atoms with E-state index in [1.165, 1.54) is 24.8 Å². The lowest BCUT2D eigenvalue weighted by Crippen LogP contribution is -2.57. The second kappa shape index (κ2) is 9.13. The van der Waals surface area contributed by atoms with Crippen molar-refractivity contribution in [2.24, 2.45) is 29.1 Å². The van der Waals surface area contributed by atoms with Gasteiger partial charge in [-0.15, -0.1) is 0 Å². The lowest BCUT2D eigenvalue weighted by Gasteiger charge is -2.63. The van der Waals surface area contributed by atoms with Gasteiger partial charge in [0.1, 0.15) is 0 Å². The van der Waals surface area contributed by atoms with Crippen LogP contribution in [0.4, 0.5) is 0 Å². The summed E-state index contributed by atoms with van der Waals surface area (Å²) >= 11 is 0. The maximum atomic E-state index is 10.9. The molecule has 28 heavy (non-hydrogen) atoms. The summed E-state index contributed by atoms with van der Waals surface area (Å²) in [7, 11) is 0. The Hall–Kier alpha value is -1.13. The number of carboxylic acids is 1. The molecule has 3 N–H and O–H groups in total. The van der Waals surface area contributed by atoms with Crippen LogP contribution in [0.5, 0.6) is 0 Å². The molecule has 3 fully saturated rings. The third-order valence-corrected chi connectivity index (χ3v) is 8.00. The molecule has 0 heterocycles. The minimum Gasteiger partial charge on any atom is -0.481 e. The summed E-state index contributed by atoms with van der Waals surface area (Å²) in [5, 5.41) is 30.3. The molecule has 3 saturated carbocycles. The molecule has 3 aliphatic carbocycles. The quantitative estimate of drug-likeness (QED) is 0.550. The molecule has 0 aliphatic heterocycles. The van der Waals surface area contributed by atoms with E-state index < -0.39 is 12.1 Å². The van der Waals surface area contributed by atoms with Crippen LogP contribution in [-0.4, -0.2) is 33.5 Å². The highest BCUT2D eigenvalue weighted by atomic mass is 16.4. The summed E-state index contributed by atoms with van der Waals surface area (Å²) in [5.74, 6) is 0.449. The number of hydrogen-bond acceptors (Lipinski definition) is 3. The van der Waals surface area contributed by atoms with Crippen LogP contribution in [0.25, 0.3) is 0 Å². The lowest BCUT2D eigenvalue weighted by molar-refractivity contribution is -0.136. The van der Waals surface area contributed by atoms with Crippen molar-refractivity contribution in [3.05, 3.63) is 23.8 Å². The van der Waals surface area contributed by atoms with Crippen LogP contribution in [0.15, 0.2) is 23.8 Å². The molecule has 0 bridgehead atoms. The summed E-state index contributed by atoms with van der Waals surface area (Å²) < 4.78 is 0. The minimum absolute atomic E-state index is 0.0820. The molecule has 6 atom stereocenters. The fourth-order valence-corrected chi connectivity index (χ4v) is 6.55. The molecule has 4 heteroatoms. The van der Waals surface area contributed by atoms with Crippen molar-refractivity contribution in [2.45, 2.75) is 90.3 Å². The Morgan fingerprint density at radius 2 is 1.96 bits per heavy atom. The zero-order chi connectivity index (χ0) is 20.3. The molecular formula is C24H38O4. The smallest absolute Gasteiger partial charge is 0.303 e. The lowest BCUT2D eigenvalue weighted by atomic mass is 9.41. The Kier molecular flexibility index (Phi) is 7.03. The zero-order valence-corrected chi connectivity index (χ0v) is 17.5. The van der Waals surface area contributed by atoms with Crippen LogP contribution in [0.1, 0.15) is 78.1 Å². The molecule has 3 rings (SSSR count). The van der Waals surface area contributed by atoms with Crippen LogP contribution in [0.3, 0.4) is 0 Å². The van der Waals surface area contributed by atoms with Crippen LogP contribution in [0.2, 0.25) is 0 Å². The summed E-state index contributed by atoms with van der Waals surface area (Å²) in [4.78, 5) is 10.9. The van der Waals surface area contributed by atoms with E-state index in [1.807, 2.05) is 6.08 Å². The maximum Gasteiger partial charge on any atom is 0.303 e. The molecule has 0 saturated heterocycles. The highest BCUT2D eigenvalue weighted by Crippen LogP contribution is 2.66. The molecule has 0 radical (unpaired) electrons. The topological polar surface area (TPSA) is 77.8 Å². The molecule has 4 nitrogen and oxygen atoms in total. The average Bonchev–Trinajstić information content (AvgIpc) is 2.70. The van der Waals surface area contributed by atoms with Crippen molar-refractivity contribution in [1.29, 1.82) is 0 Å². The van der Waals surface area contributed by atoms with Crippen molar-refractivity contribution in [1.82, 2.24) is 0 Å². The highest BCUT2D eigenvalue weighted by molar-refractivity contribution is 5.66. The van der Waals surface area contributed by atoms with Gasteiger partial charge in [0, 0.05) is 12.3 Å². The van der Waals surface area contributed by atoms with E-state index in [-0.39, 0.29) is 23.9 Å². The van der Waals surface area contributed by atoms with E-state index in [9.17, 15) is 15.0 Å². The number of hydrogen-bond donors (Lipinski definition) is 3. The van der Waals surface area contributed by atoms with Gasteiger partial charge in [-0.05, 0) is 61.7 Å². The predicted molar refractivity (Wildman–Crippen MR) is 111 cm³/mol. The normalized spacial score (nSPS) is 38.9. The van der Waals surface area contributed by atoms with E-state index in [2.05, 4.69) is 26.0 Å². The molecule has 158 valence electrons. The third-order valence-electron chi connectivity index (χ3n) is 8.00. The first kappa shape index (κ1) is 21.6. The number of carboxylic acid groups (broad SMARTS) is 1. The van der Waals surface area contributed by atoms with Gasteiger partial charge in [-0.3, -0.25) is 4.79 Å². The Balaban J connectivity index is 1.73. The number of fused-ring (bicyclic) bond motifs is 1. The first-order valence-electron chi connectivity index (χ1n) is 11.4. The first-order valence-corrected chi connectivity index (χ1v) is 11.4. The zero-order valence-electron chi connectivity index (χ0n) is 17.5. The summed E-state index contributed by atoms with van der Waals surface area (Å²) in [5.41, 5.74) is 1.50. The van der Waals surface area contributed by atoms with E-state index >= 15 is 0 Å². The van der Waals surface area contributed by atoms with E-state index in [0.29, 0.717) is 24.2 Å². The maximum absolute atomic E-state index is 10.9. The van der Waals surface area contributed by atoms with E-state index in [0.717, 1.165) is 32.1 Å². The van der Waals surface area contributed by atoms with Gasteiger partial charge >= 0.3 is 5.97 Å². The van der Waals surface area contributed by atoms with Gasteiger partial charge in [0.15, 0.2) is 0 Å². The molecular weight excluding hydrogens is 352 g/mol. The number of aliphatic hydroxyl groups excluding tert-OH is 2. The Labute approximate surface area is 169 Å². The van der Waals surface area contributed by atoms with Crippen molar-refractivity contribution < 1.29 is 20.1 Å². The van der Waals surface area contributed by atoms with Gasteiger partial charge in [0.25, 0.3) is 0 Å². The van der Waals surface area contributed by atoms with Gasteiger partial charge < -0.3 is 15.3 Å². The van der Waals surface area contributed by atoms with Crippen molar-refractivity contribution in [3.8, 4) is 0 Å². The van der Waals surface area contributed by atoms with Gasteiger partial charge in [-0.2, -0.15) is 0 Å². The first-order chi connectivity index (χ1) is 13.4. The fraction of sp³-hybridized carbons (Fsp3) is 0.792. The van der Waals surface area contributed by atoms with Crippen LogP contribution in [0, 0.1) is 29.1 Å². The number of allylic oxidation sites excluding steroid dienone is 2. The van der Waals surface area contributed by atoms with Gasteiger partial charge in [-0.1, -0.05) is 56.9 Å². The Bertz CT molecular complexity index is 604. The van der Waals surface area contributed by atoms with Gasteiger partial charge in [0.05, 0.1) is 12.2 Å². The molecule has 2 unspecified atom stereocenters. The van der Waals surface area contributed by atoms with Gasteiger partial charge in [0.2, 0.25) is 0 Å². The van der Waals surface area contributed by atoms with Crippen molar-refractivity contribution in [3.63, 3.8) is 0 Å². The summed E-state index contributed by atoms with van der Waals surface area (Å²) in [6.45, 7) is 4.45. The Morgan fingerprint density at radius 1 is 1.25 bits per heavy atom. The van der Waals surface area contributed by atoms with E-state index in [1.54, 1.807) is 0 Å². The number of aliphatic hydroxyl groups is 2. The van der Waals surface area contributed by atoms with E-state index in [4.69, 9.17) is 5.11 Å². The summed E-state index contributed by atoms with van der Waals surface area (Å²) in [6.07, 6.45) is 15.0. The standard InChI is InChI=1S/C24H38O4/c1-3-24-15-14-21(26)18(12-13-20(25)17-8-5-4-6-9-17)23(24)16(2)19(24)10-7-11-22(27)28/h10,12-13,16-18,20-21,23,25-26H,3-9,11,14-15H2,1-2H3,(H,27,28)/b13-12+,19-10?/t16?,18-,20?,21+,23+,24+/m1/s1. The largest absolute Gasteiger partial charge is 0.481 e. The molecule has 0 aromatic heterocycles. The molecule has 0 amide bonds. The average molecular weight is 391 g/mol. The van der Waals surface area contributed by atoms with Crippen molar-refractivity contribution in [2.75, 3.05) is 0 Å². The van der Waals surface area contributed by atoms with Crippen molar-refractivity contribution >= 4 is 5.97 Å². The molecule has 0 aromatic rings. The molecule has 0 spiro atoms. The summed E-state index contributed by atoms with van der Waals surface area (Å²) in [6, 6.07) is 0. The van der Waals surface area contributed by atoms with Crippen LogP contribution in [-0.2, 0) is 4.79 Å². The minimum atomic E-state index is -0.748.